The Kier molecular flexibility index (Phi) is 4.87. The van der Waals surface area contributed by atoms with E-state index in [2.05, 4.69) is 15.1 Å². The summed E-state index contributed by atoms with van der Waals surface area (Å²) in [6.07, 6.45) is 0.695. The molecule has 0 aliphatic heterocycles. The van der Waals surface area contributed by atoms with Crippen LogP contribution in [-0.2, 0) is 4.74 Å². The molecule has 0 spiro atoms. The van der Waals surface area contributed by atoms with Crippen molar-refractivity contribution in [1.82, 2.24) is 19.7 Å². The largest absolute Gasteiger partial charge is 0.383 e. The average Bonchev–Trinajstić information content (AvgIpc) is 2.93. The first-order valence-corrected chi connectivity index (χ1v) is 8.36. The normalized spacial score (nSPS) is 12.7. The second-order valence-electron chi connectivity index (χ2n) is 5.83. The van der Waals surface area contributed by atoms with Gasteiger partial charge in [-0.25, -0.2) is 9.97 Å². The van der Waals surface area contributed by atoms with Crippen LogP contribution in [0.15, 0.2) is 21.5 Å². The van der Waals surface area contributed by atoms with Crippen LogP contribution in [0.4, 0.5) is 0 Å². The molecule has 7 nitrogen and oxygen atoms in total. The van der Waals surface area contributed by atoms with Gasteiger partial charge >= 0.3 is 0 Å². The van der Waals surface area contributed by atoms with Gasteiger partial charge in [-0.15, -0.1) is 0 Å². The monoisotopic (exact) mass is 362 g/mol. The van der Waals surface area contributed by atoms with E-state index in [0.29, 0.717) is 35.6 Å². The summed E-state index contributed by atoms with van der Waals surface area (Å²) in [6.45, 7) is 6.04. The van der Waals surface area contributed by atoms with Gasteiger partial charge in [0.2, 0.25) is 0 Å². The van der Waals surface area contributed by atoms with E-state index < -0.39 is 0 Å². The highest BCUT2D eigenvalue weighted by atomic mass is 35.5. The Labute approximate surface area is 149 Å². The van der Waals surface area contributed by atoms with Crippen molar-refractivity contribution in [3.8, 4) is 11.3 Å². The fraction of sp³-hybridized carbons (Fsp3) is 0.412. The third-order valence-corrected chi connectivity index (χ3v) is 4.43. The Bertz CT molecular complexity index is 960. The van der Waals surface area contributed by atoms with E-state index in [4.69, 9.17) is 20.9 Å². The average molecular weight is 363 g/mol. The summed E-state index contributed by atoms with van der Waals surface area (Å²) >= 11 is 6.05. The van der Waals surface area contributed by atoms with Crippen molar-refractivity contribution in [1.29, 1.82) is 0 Å². The van der Waals surface area contributed by atoms with Crippen LogP contribution in [0.5, 0.6) is 0 Å². The van der Waals surface area contributed by atoms with Gasteiger partial charge in [0.25, 0.3) is 5.56 Å². The Hall–Kier alpha value is -2.25. The lowest BCUT2D eigenvalue weighted by Gasteiger charge is -2.19. The molecule has 0 saturated heterocycles. The van der Waals surface area contributed by atoms with Gasteiger partial charge in [0.05, 0.1) is 29.6 Å². The Morgan fingerprint density at radius 2 is 2.08 bits per heavy atom. The fourth-order valence-corrected chi connectivity index (χ4v) is 3.13. The molecule has 0 aliphatic carbocycles. The van der Waals surface area contributed by atoms with Gasteiger partial charge in [-0.05, 0) is 32.4 Å². The van der Waals surface area contributed by atoms with Crippen molar-refractivity contribution < 1.29 is 9.26 Å². The molecule has 0 aliphatic rings. The molecule has 25 heavy (non-hydrogen) atoms. The Morgan fingerprint density at radius 1 is 1.32 bits per heavy atom. The number of pyridine rings is 1. The lowest BCUT2D eigenvalue weighted by atomic mass is 10.1. The summed E-state index contributed by atoms with van der Waals surface area (Å²) in [5.41, 5.74) is 2.87. The number of hydrogen-bond donors (Lipinski definition) is 0. The summed E-state index contributed by atoms with van der Waals surface area (Å²) < 4.78 is 12.0. The van der Waals surface area contributed by atoms with Gasteiger partial charge < -0.3 is 9.26 Å². The van der Waals surface area contributed by atoms with Crippen LogP contribution in [0.3, 0.4) is 0 Å². The van der Waals surface area contributed by atoms with E-state index in [1.165, 1.54) is 0 Å². The van der Waals surface area contributed by atoms with E-state index in [0.717, 1.165) is 11.3 Å². The second-order valence-corrected chi connectivity index (χ2v) is 6.19. The standard InChI is InChI=1S/C17H19ClN4O3/c1-5-11(8-24-4)22-16-13(19-15(18)17(22)23)7-6-12(20-16)14-9(2)21-25-10(14)3/h6-7,11H,5,8H2,1-4H3/t11-/m0/s1. The summed E-state index contributed by atoms with van der Waals surface area (Å²) in [6, 6.07) is 3.43. The number of halogens is 1. The van der Waals surface area contributed by atoms with Gasteiger partial charge in [-0.3, -0.25) is 9.36 Å². The van der Waals surface area contributed by atoms with E-state index >= 15 is 0 Å². The van der Waals surface area contributed by atoms with Crippen LogP contribution < -0.4 is 5.56 Å². The predicted octanol–water partition coefficient (Wildman–Crippen LogP) is 3.31. The van der Waals surface area contributed by atoms with Crippen molar-refractivity contribution in [3.05, 3.63) is 39.1 Å². The van der Waals surface area contributed by atoms with Crippen molar-refractivity contribution in [2.75, 3.05) is 13.7 Å². The molecule has 3 aromatic heterocycles. The molecule has 0 unspecified atom stereocenters. The number of ether oxygens (including phenoxy) is 1. The summed E-state index contributed by atoms with van der Waals surface area (Å²) in [4.78, 5) is 21.5. The van der Waals surface area contributed by atoms with Crippen LogP contribution in [0.25, 0.3) is 22.4 Å². The van der Waals surface area contributed by atoms with Crippen LogP contribution in [0.2, 0.25) is 5.15 Å². The summed E-state index contributed by atoms with van der Waals surface area (Å²) in [5, 5.41) is 3.89. The molecule has 0 aromatic carbocycles. The molecule has 0 radical (unpaired) electrons. The van der Waals surface area contributed by atoms with Crippen molar-refractivity contribution in [2.24, 2.45) is 0 Å². The van der Waals surface area contributed by atoms with Crippen LogP contribution in [0.1, 0.15) is 30.8 Å². The molecule has 8 heteroatoms. The highest BCUT2D eigenvalue weighted by Gasteiger charge is 2.20. The quantitative estimate of drug-likeness (QED) is 0.692. The highest BCUT2D eigenvalue weighted by Crippen LogP contribution is 2.27. The van der Waals surface area contributed by atoms with Crippen LogP contribution in [0, 0.1) is 13.8 Å². The zero-order valence-corrected chi connectivity index (χ0v) is 15.3. The Morgan fingerprint density at radius 3 is 2.68 bits per heavy atom. The third-order valence-electron chi connectivity index (χ3n) is 4.18. The minimum Gasteiger partial charge on any atom is -0.383 e. The zero-order valence-electron chi connectivity index (χ0n) is 14.5. The zero-order chi connectivity index (χ0) is 18.1. The predicted molar refractivity (Wildman–Crippen MR) is 95.0 cm³/mol. The fourth-order valence-electron chi connectivity index (χ4n) is 2.95. The van der Waals surface area contributed by atoms with Crippen molar-refractivity contribution in [2.45, 2.75) is 33.2 Å². The lowest BCUT2D eigenvalue weighted by molar-refractivity contribution is 0.153. The summed E-state index contributed by atoms with van der Waals surface area (Å²) in [5.74, 6) is 0.670. The highest BCUT2D eigenvalue weighted by molar-refractivity contribution is 6.29. The van der Waals surface area contributed by atoms with Crippen LogP contribution >= 0.6 is 11.6 Å². The maximum Gasteiger partial charge on any atom is 0.290 e. The number of aromatic nitrogens is 4. The molecule has 3 aromatic rings. The molecule has 3 rings (SSSR count). The molecule has 3 heterocycles. The molecular weight excluding hydrogens is 344 g/mol. The molecule has 132 valence electrons. The van der Waals surface area contributed by atoms with Gasteiger partial charge in [0.15, 0.2) is 10.8 Å². The number of methoxy groups -OCH3 is 1. The minimum atomic E-state index is -0.374. The number of nitrogens with zero attached hydrogens (tertiary/aromatic N) is 4. The molecule has 0 amide bonds. The third kappa shape index (κ3) is 3.05. The smallest absolute Gasteiger partial charge is 0.290 e. The molecule has 0 saturated carbocycles. The topological polar surface area (TPSA) is 83.0 Å². The van der Waals surface area contributed by atoms with E-state index in [1.54, 1.807) is 17.7 Å². The minimum absolute atomic E-state index is 0.0751. The lowest BCUT2D eigenvalue weighted by Crippen LogP contribution is -2.29. The maximum atomic E-state index is 12.6. The summed E-state index contributed by atoms with van der Waals surface area (Å²) in [7, 11) is 1.60. The number of hydrogen-bond acceptors (Lipinski definition) is 6. The van der Waals surface area contributed by atoms with E-state index in [9.17, 15) is 4.79 Å². The van der Waals surface area contributed by atoms with Gasteiger partial charge in [-0.1, -0.05) is 23.7 Å². The number of aryl methyl sites for hydroxylation is 2. The second kappa shape index (κ2) is 6.93. The van der Waals surface area contributed by atoms with Crippen molar-refractivity contribution >= 4 is 22.8 Å². The SMILES string of the molecule is CC[C@@H](COC)n1c(=O)c(Cl)nc2ccc(-c3c(C)noc3C)nc21. The molecule has 0 fully saturated rings. The first-order valence-electron chi connectivity index (χ1n) is 7.98. The molecule has 1 atom stereocenters. The number of fused-ring (bicyclic) bond motifs is 1. The first-order chi connectivity index (χ1) is 12.0. The molecular formula is C17H19ClN4O3. The van der Waals surface area contributed by atoms with Gasteiger partial charge in [0, 0.05) is 7.11 Å². The van der Waals surface area contributed by atoms with Crippen molar-refractivity contribution in [3.63, 3.8) is 0 Å². The van der Waals surface area contributed by atoms with Crippen LogP contribution in [-0.4, -0.2) is 33.4 Å². The first kappa shape index (κ1) is 17.6. The maximum absolute atomic E-state index is 12.6. The number of rotatable bonds is 5. The molecule has 0 bridgehead atoms. The van der Waals surface area contributed by atoms with Gasteiger partial charge in [-0.2, -0.15) is 0 Å². The molecule has 0 N–H and O–H groups in total. The van der Waals surface area contributed by atoms with Gasteiger partial charge in [0.1, 0.15) is 11.3 Å². The van der Waals surface area contributed by atoms with E-state index in [1.807, 2.05) is 26.8 Å². The Balaban J connectivity index is 2.31. The van der Waals surface area contributed by atoms with E-state index in [-0.39, 0.29) is 16.8 Å².